The fraction of sp³-hybridized carbons (Fsp3) is 0.364. The van der Waals surface area contributed by atoms with Crippen molar-refractivity contribution in [3.8, 4) is 0 Å². The molecule has 3 nitrogen and oxygen atoms in total. The van der Waals surface area contributed by atoms with E-state index in [4.69, 9.17) is 5.11 Å². The van der Waals surface area contributed by atoms with E-state index < -0.39 is 11.5 Å². The van der Waals surface area contributed by atoms with Crippen LogP contribution in [0.15, 0.2) is 24.3 Å². The van der Waals surface area contributed by atoms with E-state index in [1.165, 1.54) is 5.56 Å². The minimum absolute atomic E-state index is 0.554. The maximum absolute atomic E-state index is 11.0. The largest absolute Gasteiger partial charge is 0.480 e. The van der Waals surface area contributed by atoms with Crippen LogP contribution in [0.2, 0.25) is 0 Å². The second-order valence-corrected chi connectivity index (χ2v) is 3.94. The van der Waals surface area contributed by atoms with Crippen molar-refractivity contribution in [2.45, 2.75) is 25.4 Å². The highest BCUT2D eigenvalue weighted by molar-refractivity contribution is 5.79. The average Bonchev–Trinajstić information content (AvgIpc) is 2.17. The summed E-state index contributed by atoms with van der Waals surface area (Å²) in [7, 11) is 0. The van der Waals surface area contributed by atoms with Crippen LogP contribution in [0.3, 0.4) is 0 Å². The lowest BCUT2D eigenvalue weighted by Gasteiger charge is -2.32. The van der Waals surface area contributed by atoms with Crippen LogP contribution in [-0.4, -0.2) is 16.6 Å². The van der Waals surface area contributed by atoms with Crippen LogP contribution in [0.25, 0.3) is 0 Å². The Morgan fingerprint density at radius 1 is 1.43 bits per heavy atom. The topological polar surface area (TPSA) is 49.3 Å². The summed E-state index contributed by atoms with van der Waals surface area (Å²) < 4.78 is 0. The summed E-state index contributed by atoms with van der Waals surface area (Å²) in [6, 6.07) is 7.96. The molecule has 14 heavy (non-hydrogen) atoms. The number of nitrogens with one attached hydrogen (secondary N) is 1. The molecule has 74 valence electrons. The van der Waals surface area contributed by atoms with Crippen molar-refractivity contribution >= 4 is 5.97 Å². The molecule has 0 spiro atoms. The molecule has 1 heterocycles. The lowest BCUT2D eigenvalue weighted by molar-refractivity contribution is -0.144. The van der Waals surface area contributed by atoms with Gasteiger partial charge in [-0.25, -0.2) is 0 Å². The van der Waals surface area contributed by atoms with Crippen molar-refractivity contribution in [1.29, 1.82) is 0 Å². The van der Waals surface area contributed by atoms with Crippen LogP contribution >= 0.6 is 0 Å². The number of carboxylic acid groups (broad SMARTS) is 1. The van der Waals surface area contributed by atoms with Gasteiger partial charge in [0.2, 0.25) is 0 Å². The third-order valence-corrected chi connectivity index (χ3v) is 2.80. The monoisotopic (exact) mass is 191 g/mol. The number of carbonyl (C=O) groups is 1. The second-order valence-electron chi connectivity index (χ2n) is 3.94. The zero-order chi connectivity index (χ0) is 10.2. The summed E-state index contributed by atoms with van der Waals surface area (Å²) in [5.74, 6) is -0.785. The number of hydrogen-bond acceptors (Lipinski definition) is 2. The van der Waals surface area contributed by atoms with E-state index in [1.807, 2.05) is 24.3 Å². The van der Waals surface area contributed by atoms with Gasteiger partial charge in [0.25, 0.3) is 0 Å². The van der Waals surface area contributed by atoms with E-state index in [0.717, 1.165) is 5.56 Å². The molecule has 0 amide bonds. The highest BCUT2D eigenvalue weighted by Gasteiger charge is 2.36. The van der Waals surface area contributed by atoms with Crippen molar-refractivity contribution in [3.63, 3.8) is 0 Å². The maximum Gasteiger partial charge on any atom is 0.323 e. The molecule has 1 aromatic carbocycles. The third-order valence-electron chi connectivity index (χ3n) is 2.80. The number of carboxylic acids is 1. The van der Waals surface area contributed by atoms with E-state index in [1.54, 1.807) is 6.92 Å². The lowest BCUT2D eigenvalue weighted by atomic mass is 9.86. The molecule has 0 bridgehead atoms. The normalized spacial score (nSPS) is 25.5. The molecule has 1 aliphatic heterocycles. The van der Waals surface area contributed by atoms with Crippen molar-refractivity contribution in [2.24, 2.45) is 0 Å². The van der Waals surface area contributed by atoms with E-state index in [-0.39, 0.29) is 0 Å². The fourth-order valence-corrected chi connectivity index (χ4v) is 1.79. The van der Waals surface area contributed by atoms with Gasteiger partial charge in [0.15, 0.2) is 0 Å². The molecular weight excluding hydrogens is 178 g/mol. The Labute approximate surface area is 82.8 Å². The van der Waals surface area contributed by atoms with Crippen molar-refractivity contribution in [1.82, 2.24) is 5.32 Å². The van der Waals surface area contributed by atoms with E-state index >= 15 is 0 Å². The summed E-state index contributed by atoms with van der Waals surface area (Å²) >= 11 is 0. The summed E-state index contributed by atoms with van der Waals surface area (Å²) in [6.45, 7) is 2.37. The fourth-order valence-electron chi connectivity index (χ4n) is 1.79. The molecule has 2 rings (SSSR count). The summed E-state index contributed by atoms with van der Waals surface area (Å²) in [5.41, 5.74) is 1.52. The molecule has 1 aromatic rings. The maximum atomic E-state index is 11.0. The van der Waals surface area contributed by atoms with Crippen LogP contribution in [0.4, 0.5) is 0 Å². The first kappa shape index (κ1) is 9.21. The van der Waals surface area contributed by atoms with Crippen molar-refractivity contribution < 1.29 is 9.90 Å². The molecule has 1 atom stereocenters. The smallest absolute Gasteiger partial charge is 0.323 e. The van der Waals surface area contributed by atoms with Gasteiger partial charge in [-0.15, -0.1) is 0 Å². The number of aliphatic carboxylic acids is 1. The van der Waals surface area contributed by atoms with Gasteiger partial charge < -0.3 is 5.11 Å². The van der Waals surface area contributed by atoms with Gasteiger partial charge in [-0.05, 0) is 18.1 Å². The summed E-state index contributed by atoms with van der Waals surface area (Å²) in [6.07, 6.45) is 0.554. The molecule has 2 N–H and O–H groups in total. The highest BCUT2D eigenvalue weighted by Crippen LogP contribution is 2.22. The Balaban J connectivity index is 2.34. The Kier molecular flexibility index (Phi) is 2.04. The van der Waals surface area contributed by atoms with Gasteiger partial charge in [-0.2, -0.15) is 0 Å². The molecule has 3 heteroatoms. The molecule has 0 aliphatic carbocycles. The second kappa shape index (κ2) is 3.10. The molecule has 0 radical (unpaired) electrons. The van der Waals surface area contributed by atoms with Gasteiger partial charge in [0.1, 0.15) is 5.54 Å². The highest BCUT2D eigenvalue weighted by atomic mass is 16.4. The Morgan fingerprint density at radius 3 is 2.71 bits per heavy atom. The minimum atomic E-state index is -0.811. The molecular formula is C11H13NO2. The van der Waals surface area contributed by atoms with Crippen LogP contribution in [0.5, 0.6) is 0 Å². The first-order valence-electron chi connectivity index (χ1n) is 4.67. The zero-order valence-electron chi connectivity index (χ0n) is 8.08. The number of rotatable bonds is 1. The minimum Gasteiger partial charge on any atom is -0.480 e. The molecule has 0 saturated carbocycles. The van der Waals surface area contributed by atoms with Crippen LogP contribution < -0.4 is 5.32 Å². The quantitative estimate of drug-likeness (QED) is 0.700. The van der Waals surface area contributed by atoms with Gasteiger partial charge in [-0.3, -0.25) is 10.1 Å². The van der Waals surface area contributed by atoms with E-state index in [0.29, 0.717) is 13.0 Å². The summed E-state index contributed by atoms with van der Waals surface area (Å²) in [4.78, 5) is 11.0. The SMILES string of the molecule is C[C@]1(C(=O)O)Cc2ccccc2CN1. The first-order valence-corrected chi connectivity index (χ1v) is 4.67. The molecule has 0 unspecified atom stereocenters. The molecule has 0 aromatic heterocycles. The number of fused-ring (bicyclic) bond motifs is 1. The summed E-state index contributed by atoms with van der Waals surface area (Å²) in [5, 5.41) is 12.1. The van der Waals surface area contributed by atoms with Crippen molar-refractivity contribution in [2.75, 3.05) is 0 Å². The average molecular weight is 191 g/mol. The Morgan fingerprint density at radius 2 is 2.07 bits per heavy atom. The van der Waals surface area contributed by atoms with Crippen molar-refractivity contribution in [3.05, 3.63) is 35.4 Å². The van der Waals surface area contributed by atoms with Crippen LogP contribution in [0, 0.1) is 0 Å². The van der Waals surface area contributed by atoms with Gasteiger partial charge >= 0.3 is 5.97 Å². The van der Waals surface area contributed by atoms with Gasteiger partial charge in [-0.1, -0.05) is 24.3 Å². The molecule has 1 aliphatic rings. The Hall–Kier alpha value is -1.35. The molecule has 0 fully saturated rings. The van der Waals surface area contributed by atoms with Crippen LogP contribution in [0.1, 0.15) is 18.1 Å². The number of benzene rings is 1. The zero-order valence-corrected chi connectivity index (χ0v) is 8.08. The Bertz CT molecular complexity index is 375. The van der Waals surface area contributed by atoms with Crippen LogP contribution in [-0.2, 0) is 17.8 Å². The predicted octanol–water partition coefficient (Wildman–Crippen LogP) is 1.18. The van der Waals surface area contributed by atoms with E-state index in [9.17, 15) is 4.79 Å². The van der Waals surface area contributed by atoms with Gasteiger partial charge in [0, 0.05) is 13.0 Å². The third kappa shape index (κ3) is 1.40. The number of hydrogen-bond donors (Lipinski definition) is 2. The molecule has 0 saturated heterocycles. The predicted molar refractivity (Wildman–Crippen MR) is 53.0 cm³/mol. The van der Waals surface area contributed by atoms with Gasteiger partial charge in [0.05, 0.1) is 0 Å². The van der Waals surface area contributed by atoms with E-state index in [2.05, 4.69) is 5.32 Å². The standard InChI is InChI=1S/C11H13NO2/c1-11(10(13)14)6-8-4-2-3-5-9(8)7-12-11/h2-5,12H,6-7H2,1H3,(H,13,14)/t11-/m1/s1. The lowest BCUT2D eigenvalue weighted by Crippen LogP contribution is -2.53. The first-order chi connectivity index (χ1) is 6.62.